The second-order valence-corrected chi connectivity index (χ2v) is 9.61. The van der Waals surface area contributed by atoms with Gasteiger partial charge >= 0.3 is 7.82 Å². The molecule has 0 bridgehead atoms. The first-order chi connectivity index (χ1) is 12.5. The van der Waals surface area contributed by atoms with Gasteiger partial charge in [-0.15, -0.1) is 0 Å². The zero-order valence-corrected chi connectivity index (χ0v) is 18.5. The van der Waals surface area contributed by atoms with Crippen molar-refractivity contribution in [1.82, 2.24) is 0 Å². The first-order valence-corrected chi connectivity index (χ1v) is 13.2. The molecule has 0 fully saturated rings. The van der Waals surface area contributed by atoms with Crippen molar-refractivity contribution >= 4 is 19.6 Å². The van der Waals surface area contributed by atoms with E-state index in [9.17, 15) is 4.57 Å². The average Bonchev–Trinajstić information content (AvgIpc) is 2.59. The number of unbranched alkanes of at least 4 members (excludes halogenated alkanes) is 13. The highest BCUT2D eigenvalue weighted by molar-refractivity contribution is 7.99. The van der Waals surface area contributed by atoms with Gasteiger partial charge in [0.05, 0.1) is 6.61 Å². The molecule has 0 saturated heterocycles. The highest BCUT2D eigenvalue weighted by Crippen LogP contribution is 2.35. The number of hydrogen-bond donors (Lipinski definition) is 3. The second-order valence-electron chi connectivity index (χ2n) is 7.22. The van der Waals surface area contributed by atoms with Gasteiger partial charge in [-0.05, 0) is 12.2 Å². The molecule has 0 aromatic heterocycles. The van der Waals surface area contributed by atoms with Crippen LogP contribution in [-0.2, 0) is 9.09 Å². The van der Waals surface area contributed by atoms with E-state index < -0.39 is 7.82 Å². The molecule has 1 unspecified atom stereocenters. The van der Waals surface area contributed by atoms with E-state index in [-0.39, 0.29) is 12.6 Å². The average molecular weight is 412 g/mol. The summed E-state index contributed by atoms with van der Waals surface area (Å²) in [5.74, 6) is 1.74. The summed E-state index contributed by atoms with van der Waals surface area (Å²) < 4.78 is 15.0. The predicted octanol–water partition coefficient (Wildman–Crippen LogP) is 5.64. The third-order valence-electron chi connectivity index (χ3n) is 4.43. The van der Waals surface area contributed by atoms with Gasteiger partial charge in [0.25, 0.3) is 0 Å². The minimum atomic E-state index is -4.38. The molecular formula is C19H42NO4PS. The lowest BCUT2D eigenvalue weighted by Crippen LogP contribution is -2.28. The van der Waals surface area contributed by atoms with Crippen molar-refractivity contribution in [1.29, 1.82) is 0 Å². The Morgan fingerprint density at radius 3 is 1.69 bits per heavy atom. The first-order valence-electron chi connectivity index (χ1n) is 10.5. The maximum Gasteiger partial charge on any atom is 0.469 e. The summed E-state index contributed by atoms with van der Waals surface area (Å²) in [6.45, 7) is 2.18. The Morgan fingerprint density at radius 1 is 0.846 bits per heavy atom. The van der Waals surface area contributed by atoms with Crippen LogP contribution in [0.4, 0.5) is 0 Å². The molecule has 4 N–H and O–H groups in total. The summed E-state index contributed by atoms with van der Waals surface area (Å²) in [6, 6.07) is -0.320. The number of thioether (sulfide) groups is 1. The number of phosphoric ester groups is 1. The van der Waals surface area contributed by atoms with Crippen LogP contribution in [0.3, 0.4) is 0 Å². The monoisotopic (exact) mass is 411 g/mol. The van der Waals surface area contributed by atoms with Gasteiger partial charge in [-0.2, -0.15) is 11.8 Å². The number of phosphoric acid groups is 1. The lowest BCUT2D eigenvalue weighted by atomic mass is 10.0. The number of nitrogens with two attached hydrogens (primary N) is 1. The minimum absolute atomic E-state index is 0.0873. The molecule has 7 heteroatoms. The Balaban J connectivity index is 3.14. The highest BCUT2D eigenvalue weighted by atomic mass is 32.2. The summed E-state index contributed by atoms with van der Waals surface area (Å²) in [4.78, 5) is 17.2. The molecule has 0 amide bonds. The highest BCUT2D eigenvalue weighted by Gasteiger charge is 2.15. The summed E-state index contributed by atoms with van der Waals surface area (Å²) in [7, 11) is -4.38. The Kier molecular flexibility index (Phi) is 19.1. The molecule has 158 valence electrons. The van der Waals surface area contributed by atoms with Gasteiger partial charge in [-0.3, -0.25) is 4.52 Å². The third kappa shape index (κ3) is 22.5. The van der Waals surface area contributed by atoms with Crippen molar-refractivity contribution in [3.05, 3.63) is 0 Å². The minimum Gasteiger partial charge on any atom is -0.325 e. The zero-order valence-electron chi connectivity index (χ0n) is 16.7. The largest absolute Gasteiger partial charge is 0.469 e. The molecule has 5 nitrogen and oxygen atoms in total. The normalized spacial score (nSPS) is 13.2. The number of hydrogen-bond acceptors (Lipinski definition) is 4. The van der Waals surface area contributed by atoms with Gasteiger partial charge in [0.1, 0.15) is 0 Å². The molecule has 0 aromatic rings. The smallest absolute Gasteiger partial charge is 0.325 e. The van der Waals surface area contributed by atoms with Crippen LogP contribution in [0.2, 0.25) is 0 Å². The van der Waals surface area contributed by atoms with Gasteiger partial charge < -0.3 is 15.5 Å². The van der Waals surface area contributed by atoms with Crippen LogP contribution in [0, 0.1) is 0 Å². The van der Waals surface area contributed by atoms with Crippen LogP contribution in [0.25, 0.3) is 0 Å². The van der Waals surface area contributed by atoms with E-state index in [0.29, 0.717) is 5.75 Å². The fourth-order valence-corrected chi connectivity index (χ4v) is 4.23. The summed E-state index contributed by atoms with van der Waals surface area (Å²) in [5, 5.41) is 0. The zero-order chi connectivity index (χ0) is 19.5. The summed E-state index contributed by atoms with van der Waals surface area (Å²) >= 11 is 1.74. The van der Waals surface area contributed by atoms with E-state index in [0.717, 1.165) is 5.75 Å². The molecule has 0 radical (unpaired) electrons. The quantitative estimate of drug-likeness (QED) is 0.177. The molecule has 0 spiro atoms. The Bertz CT molecular complexity index is 342. The summed E-state index contributed by atoms with van der Waals surface area (Å²) in [5.41, 5.74) is 5.75. The number of rotatable bonds is 20. The molecule has 0 aliphatic carbocycles. The van der Waals surface area contributed by atoms with Crippen molar-refractivity contribution in [2.45, 2.75) is 103 Å². The molecule has 0 heterocycles. The molecule has 0 aromatic carbocycles. The van der Waals surface area contributed by atoms with Crippen molar-refractivity contribution < 1.29 is 18.9 Å². The Labute approximate surface area is 165 Å². The van der Waals surface area contributed by atoms with Crippen molar-refractivity contribution in [3.63, 3.8) is 0 Å². The second kappa shape index (κ2) is 18.8. The van der Waals surface area contributed by atoms with Gasteiger partial charge in [-0.1, -0.05) is 90.4 Å². The fourth-order valence-electron chi connectivity index (χ4n) is 2.87. The van der Waals surface area contributed by atoms with E-state index in [1.54, 1.807) is 11.8 Å². The van der Waals surface area contributed by atoms with Gasteiger partial charge in [0.15, 0.2) is 0 Å². The van der Waals surface area contributed by atoms with Gasteiger partial charge in [-0.25, -0.2) is 4.57 Å². The van der Waals surface area contributed by atoms with Gasteiger partial charge in [0, 0.05) is 11.8 Å². The van der Waals surface area contributed by atoms with E-state index in [4.69, 9.17) is 15.5 Å². The predicted molar refractivity (Wildman–Crippen MR) is 114 cm³/mol. The van der Waals surface area contributed by atoms with Crippen molar-refractivity contribution in [2.24, 2.45) is 5.73 Å². The van der Waals surface area contributed by atoms with Crippen LogP contribution in [0.15, 0.2) is 0 Å². The molecule has 0 aliphatic heterocycles. The van der Waals surface area contributed by atoms with Crippen LogP contribution in [-0.4, -0.2) is 33.9 Å². The van der Waals surface area contributed by atoms with Crippen LogP contribution < -0.4 is 5.73 Å². The van der Waals surface area contributed by atoms with Crippen LogP contribution >= 0.6 is 19.6 Å². The topological polar surface area (TPSA) is 92.8 Å². The molecule has 0 aliphatic rings. The third-order valence-corrected chi connectivity index (χ3v) is 6.16. The molecule has 0 saturated carbocycles. The van der Waals surface area contributed by atoms with E-state index in [1.165, 1.54) is 89.9 Å². The van der Waals surface area contributed by atoms with E-state index in [1.807, 2.05) is 0 Å². The molecule has 1 atom stereocenters. The van der Waals surface area contributed by atoms with Crippen molar-refractivity contribution in [3.8, 4) is 0 Å². The lowest BCUT2D eigenvalue weighted by molar-refractivity contribution is 0.190. The van der Waals surface area contributed by atoms with Gasteiger partial charge in [0.2, 0.25) is 0 Å². The molecule has 26 heavy (non-hydrogen) atoms. The standard InChI is InChI=1S/C19H42NO4PS/c1-2-3-4-5-6-7-8-9-10-11-12-13-14-15-16-26-18-19(20)17-24-25(21,22)23/h19H,2-18,20H2,1H3,(H2,21,22,23). The van der Waals surface area contributed by atoms with Crippen LogP contribution in [0.5, 0.6) is 0 Å². The van der Waals surface area contributed by atoms with E-state index in [2.05, 4.69) is 11.4 Å². The molecule has 0 rings (SSSR count). The molecular weight excluding hydrogens is 369 g/mol. The maximum absolute atomic E-state index is 10.6. The SMILES string of the molecule is CCCCCCCCCCCCCCCCSCC(N)COP(=O)(O)O. The van der Waals surface area contributed by atoms with Crippen LogP contribution in [0.1, 0.15) is 96.8 Å². The first kappa shape index (κ1) is 26.4. The Hall–Kier alpha value is 0.420. The van der Waals surface area contributed by atoms with Crippen molar-refractivity contribution in [2.75, 3.05) is 18.1 Å². The maximum atomic E-state index is 10.6. The fraction of sp³-hybridized carbons (Fsp3) is 1.00. The van der Waals surface area contributed by atoms with E-state index >= 15 is 0 Å². The Morgan fingerprint density at radius 2 is 1.27 bits per heavy atom. The lowest BCUT2D eigenvalue weighted by Gasteiger charge is -2.12. The summed E-state index contributed by atoms with van der Waals surface area (Å²) in [6.07, 6.45) is 19.1.